The standard InChI is InChI=1S/C15H23N3O4/c1-11-8-14(17-22-11)16-15(19)18(9-12-4-2-6-20-12)10-13-5-3-7-21-13/h8,12-13H,2-7,9-10H2,1H3,(H,16,17,19)/t12-,13-/m1/s1. The van der Waals surface area contributed by atoms with E-state index >= 15 is 0 Å². The summed E-state index contributed by atoms with van der Waals surface area (Å²) in [6, 6.07) is 1.52. The van der Waals surface area contributed by atoms with E-state index in [4.69, 9.17) is 14.0 Å². The van der Waals surface area contributed by atoms with E-state index in [1.807, 2.05) is 0 Å². The smallest absolute Gasteiger partial charge is 0.323 e. The van der Waals surface area contributed by atoms with Crippen molar-refractivity contribution in [3.63, 3.8) is 0 Å². The van der Waals surface area contributed by atoms with E-state index in [0.717, 1.165) is 38.9 Å². The topological polar surface area (TPSA) is 76.8 Å². The van der Waals surface area contributed by atoms with Crippen LogP contribution in [0, 0.1) is 6.92 Å². The summed E-state index contributed by atoms with van der Waals surface area (Å²) < 4.78 is 16.3. The molecule has 0 aliphatic carbocycles. The predicted octanol–water partition coefficient (Wildman–Crippen LogP) is 2.17. The number of aromatic nitrogens is 1. The Kier molecular flexibility index (Phi) is 4.94. The third-order valence-corrected chi connectivity index (χ3v) is 4.05. The fraction of sp³-hybridized carbons (Fsp3) is 0.733. The van der Waals surface area contributed by atoms with Gasteiger partial charge in [-0.1, -0.05) is 5.16 Å². The van der Waals surface area contributed by atoms with Crippen LogP contribution in [0.3, 0.4) is 0 Å². The molecule has 0 bridgehead atoms. The zero-order chi connectivity index (χ0) is 15.4. The van der Waals surface area contributed by atoms with Gasteiger partial charge in [0.05, 0.1) is 12.2 Å². The number of nitrogens with zero attached hydrogens (tertiary/aromatic N) is 2. The molecule has 1 aromatic heterocycles. The molecule has 0 radical (unpaired) electrons. The van der Waals surface area contributed by atoms with Gasteiger partial charge in [-0.15, -0.1) is 0 Å². The van der Waals surface area contributed by atoms with E-state index in [2.05, 4.69) is 10.5 Å². The van der Waals surface area contributed by atoms with E-state index in [1.54, 1.807) is 17.9 Å². The number of rotatable bonds is 5. The molecule has 1 N–H and O–H groups in total. The van der Waals surface area contributed by atoms with Gasteiger partial charge < -0.3 is 18.9 Å². The molecule has 3 rings (SSSR count). The number of carbonyl (C=O) groups excluding carboxylic acids is 1. The van der Waals surface area contributed by atoms with Crippen molar-refractivity contribution in [1.82, 2.24) is 10.1 Å². The van der Waals surface area contributed by atoms with Crippen molar-refractivity contribution in [3.8, 4) is 0 Å². The highest BCUT2D eigenvalue weighted by Gasteiger charge is 2.27. The largest absolute Gasteiger partial charge is 0.376 e. The molecule has 2 atom stereocenters. The van der Waals surface area contributed by atoms with Crippen molar-refractivity contribution in [1.29, 1.82) is 0 Å². The molecule has 2 saturated heterocycles. The molecule has 2 aliphatic rings. The van der Waals surface area contributed by atoms with Crippen LogP contribution in [-0.2, 0) is 9.47 Å². The van der Waals surface area contributed by atoms with Gasteiger partial charge in [0.1, 0.15) is 5.76 Å². The summed E-state index contributed by atoms with van der Waals surface area (Å²) in [5.74, 6) is 1.10. The average Bonchev–Trinajstić information content (AvgIpc) is 3.21. The Labute approximate surface area is 129 Å². The summed E-state index contributed by atoms with van der Waals surface area (Å²) in [5.41, 5.74) is 0. The number of nitrogens with one attached hydrogen (secondary N) is 1. The Balaban J connectivity index is 1.61. The van der Waals surface area contributed by atoms with Gasteiger partial charge in [-0.2, -0.15) is 0 Å². The number of aryl methyl sites for hydroxylation is 1. The molecule has 7 nitrogen and oxygen atoms in total. The minimum atomic E-state index is -0.181. The van der Waals surface area contributed by atoms with Crippen molar-refractivity contribution in [2.75, 3.05) is 31.6 Å². The van der Waals surface area contributed by atoms with Crippen LogP contribution in [0.25, 0.3) is 0 Å². The minimum Gasteiger partial charge on any atom is -0.376 e. The summed E-state index contributed by atoms with van der Waals surface area (Å²) in [6.45, 7) is 4.52. The summed E-state index contributed by atoms with van der Waals surface area (Å²) in [6.07, 6.45) is 4.35. The van der Waals surface area contributed by atoms with E-state index in [-0.39, 0.29) is 18.2 Å². The Morgan fingerprint density at radius 1 is 1.27 bits per heavy atom. The number of urea groups is 1. The molecule has 22 heavy (non-hydrogen) atoms. The number of carbonyl (C=O) groups is 1. The predicted molar refractivity (Wildman–Crippen MR) is 79.8 cm³/mol. The maximum atomic E-state index is 12.5. The summed E-state index contributed by atoms with van der Waals surface area (Å²) in [4.78, 5) is 14.3. The Morgan fingerprint density at radius 3 is 2.36 bits per heavy atom. The van der Waals surface area contributed by atoms with Crippen LogP contribution in [0.1, 0.15) is 31.4 Å². The molecule has 2 aliphatic heterocycles. The lowest BCUT2D eigenvalue weighted by atomic mass is 10.2. The van der Waals surface area contributed by atoms with Crippen LogP contribution in [-0.4, -0.2) is 54.6 Å². The van der Waals surface area contributed by atoms with Gasteiger partial charge in [-0.3, -0.25) is 5.32 Å². The maximum absolute atomic E-state index is 12.5. The molecule has 122 valence electrons. The van der Waals surface area contributed by atoms with Gasteiger partial charge in [0.2, 0.25) is 0 Å². The van der Waals surface area contributed by atoms with Crippen molar-refractivity contribution < 1.29 is 18.8 Å². The third-order valence-electron chi connectivity index (χ3n) is 4.05. The van der Waals surface area contributed by atoms with Crippen molar-refractivity contribution >= 4 is 11.8 Å². The summed E-state index contributed by atoms with van der Waals surface area (Å²) in [5, 5.41) is 6.59. The average molecular weight is 309 g/mol. The Morgan fingerprint density at radius 2 is 1.91 bits per heavy atom. The zero-order valence-electron chi connectivity index (χ0n) is 12.9. The summed E-state index contributed by atoms with van der Waals surface area (Å²) in [7, 11) is 0. The molecule has 2 fully saturated rings. The molecule has 0 saturated carbocycles. The molecular weight excluding hydrogens is 286 g/mol. The lowest BCUT2D eigenvalue weighted by Crippen LogP contribution is -2.44. The van der Waals surface area contributed by atoms with Gasteiger partial charge in [0.15, 0.2) is 5.82 Å². The molecule has 0 unspecified atom stereocenters. The molecule has 7 heteroatoms. The zero-order valence-corrected chi connectivity index (χ0v) is 12.9. The second-order valence-corrected chi connectivity index (χ2v) is 5.93. The van der Waals surface area contributed by atoms with Gasteiger partial charge in [-0.25, -0.2) is 4.79 Å². The quantitative estimate of drug-likeness (QED) is 0.902. The third kappa shape index (κ3) is 3.98. The van der Waals surface area contributed by atoms with E-state index in [9.17, 15) is 4.79 Å². The normalized spacial score (nSPS) is 24.6. The Bertz CT molecular complexity index is 475. The molecule has 2 amide bonds. The van der Waals surface area contributed by atoms with Crippen LogP contribution in [0.15, 0.2) is 10.6 Å². The number of anilines is 1. The van der Waals surface area contributed by atoms with Gasteiger partial charge in [0.25, 0.3) is 0 Å². The van der Waals surface area contributed by atoms with Gasteiger partial charge in [-0.05, 0) is 32.6 Å². The first-order valence-electron chi connectivity index (χ1n) is 7.93. The first-order chi connectivity index (χ1) is 10.7. The fourth-order valence-corrected chi connectivity index (χ4v) is 2.92. The van der Waals surface area contributed by atoms with Crippen molar-refractivity contribution in [3.05, 3.63) is 11.8 Å². The SMILES string of the molecule is Cc1cc(NC(=O)N(C[C@H]2CCCO2)C[C@H]2CCCO2)no1. The molecular formula is C15H23N3O4. The van der Waals surface area contributed by atoms with Crippen LogP contribution in [0.5, 0.6) is 0 Å². The number of hydrogen-bond acceptors (Lipinski definition) is 5. The molecule has 1 aromatic rings. The first-order valence-corrected chi connectivity index (χ1v) is 7.93. The summed E-state index contributed by atoms with van der Waals surface area (Å²) >= 11 is 0. The van der Waals surface area contributed by atoms with Crippen LogP contribution in [0.4, 0.5) is 10.6 Å². The maximum Gasteiger partial charge on any atom is 0.323 e. The van der Waals surface area contributed by atoms with E-state index in [1.165, 1.54) is 0 Å². The van der Waals surface area contributed by atoms with Crippen molar-refractivity contribution in [2.45, 2.75) is 44.8 Å². The van der Waals surface area contributed by atoms with Crippen LogP contribution < -0.4 is 5.32 Å². The fourth-order valence-electron chi connectivity index (χ4n) is 2.92. The minimum absolute atomic E-state index is 0.117. The van der Waals surface area contributed by atoms with Gasteiger partial charge in [0, 0.05) is 32.4 Å². The van der Waals surface area contributed by atoms with Gasteiger partial charge >= 0.3 is 6.03 Å². The highest BCUT2D eigenvalue weighted by atomic mass is 16.5. The number of hydrogen-bond donors (Lipinski definition) is 1. The lowest BCUT2D eigenvalue weighted by Gasteiger charge is -2.27. The lowest BCUT2D eigenvalue weighted by molar-refractivity contribution is 0.0524. The van der Waals surface area contributed by atoms with Crippen molar-refractivity contribution in [2.24, 2.45) is 0 Å². The highest BCUT2D eigenvalue weighted by molar-refractivity contribution is 5.88. The first kappa shape index (κ1) is 15.3. The van der Waals surface area contributed by atoms with E-state index in [0.29, 0.717) is 24.7 Å². The highest BCUT2D eigenvalue weighted by Crippen LogP contribution is 2.18. The second-order valence-electron chi connectivity index (χ2n) is 5.93. The molecule has 0 aromatic carbocycles. The molecule has 3 heterocycles. The number of amides is 2. The number of ether oxygens (including phenoxy) is 2. The Hall–Kier alpha value is -1.60. The molecule has 0 spiro atoms. The monoisotopic (exact) mass is 309 g/mol. The second kappa shape index (κ2) is 7.11. The van der Waals surface area contributed by atoms with E-state index < -0.39 is 0 Å². The van der Waals surface area contributed by atoms with Crippen LogP contribution in [0.2, 0.25) is 0 Å². The van der Waals surface area contributed by atoms with Crippen LogP contribution >= 0.6 is 0 Å².